The van der Waals surface area contributed by atoms with Crippen LogP contribution in [0.15, 0.2) is 48.0 Å². The molecule has 0 spiro atoms. The van der Waals surface area contributed by atoms with Gasteiger partial charge >= 0.3 is 0 Å². The maximum absolute atomic E-state index is 12.7. The predicted octanol–water partition coefficient (Wildman–Crippen LogP) is 3.92. The third-order valence-electron chi connectivity index (χ3n) is 4.08. The van der Waals surface area contributed by atoms with Crippen LogP contribution in [-0.2, 0) is 6.54 Å². The summed E-state index contributed by atoms with van der Waals surface area (Å²) in [5.41, 5.74) is 0.544. The fourth-order valence-corrected chi connectivity index (χ4v) is 4.03. The largest absolute Gasteiger partial charge is 0.454 e. The topological polar surface area (TPSA) is 96.0 Å². The third kappa shape index (κ3) is 3.14. The van der Waals surface area contributed by atoms with Gasteiger partial charge < -0.3 is 14.0 Å². The first-order chi connectivity index (χ1) is 13.5. The van der Waals surface area contributed by atoms with Crippen molar-refractivity contribution in [3.05, 3.63) is 68.5 Å². The summed E-state index contributed by atoms with van der Waals surface area (Å²) in [4.78, 5) is 27.6. The van der Waals surface area contributed by atoms with Crippen LogP contribution < -0.4 is 14.3 Å². The van der Waals surface area contributed by atoms with Crippen LogP contribution in [0.25, 0.3) is 10.2 Å². The molecule has 0 bridgehead atoms. The van der Waals surface area contributed by atoms with Crippen molar-refractivity contribution < 1.29 is 19.2 Å². The number of aromatic nitrogens is 1. The summed E-state index contributed by atoms with van der Waals surface area (Å²) in [7, 11) is 0. The molecule has 0 saturated heterocycles. The van der Waals surface area contributed by atoms with Crippen LogP contribution in [0, 0.1) is 10.1 Å². The van der Waals surface area contributed by atoms with Crippen molar-refractivity contribution in [2.24, 2.45) is 4.99 Å². The van der Waals surface area contributed by atoms with Gasteiger partial charge in [-0.3, -0.25) is 14.9 Å². The number of benzene rings is 2. The van der Waals surface area contributed by atoms with Crippen molar-refractivity contribution in [2.75, 3.05) is 6.79 Å². The summed E-state index contributed by atoms with van der Waals surface area (Å²) >= 11 is 7.34. The number of nitrogens with zero attached hydrogens (tertiary/aromatic N) is 3. The van der Waals surface area contributed by atoms with Crippen LogP contribution in [0.2, 0.25) is 5.02 Å². The summed E-state index contributed by atoms with van der Waals surface area (Å²) in [6.45, 7) is 4.32. The van der Waals surface area contributed by atoms with E-state index in [0.29, 0.717) is 22.8 Å². The fraction of sp³-hybridized carbons (Fsp3) is 0.111. The van der Waals surface area contributed by atoms with Crippen molar-refractivity contribution in [1.82, 2.24) is 4.57 Å². The van der Waals surface area contributed by atoms with Gasteiger partial charge in [0.05, 0.1) is 25.7 Å². The van der Waals surface area contributed by atoms with Gasteiger partial charge in [0.1, 0.15) is 0 Å². The van der Waals surface area contributed by atoms with Gasteiger partial charge in [0.25, 0.3) is 11.6 Å². The Hall–Kier alpha value is -3.17. The summed E-state index contributed by atoms with van der Waals surface area (Å²) < 4.78 is 13.5. The summed E-state index contributed by atoms with van der Waals surface area (Å²) in [5.74, 6) is 0.569. The maximum atomic E-state index is 12.7. The van der Waals surface area contributed by atoms with Crippen molar-refractivity contribution >= 4 is 44.7 Å². The fourth-order valence-electron chi connectivity index (χ4n) is 2.79. The summed E-state index contributed by atoms with van der Waals surface area (Å²) in [5, 5.41) is 11.1. The molecular formula is C18H12ClN3O5S. The molecule has 142 valence electrons. The number of ether oxygens (including phenoxy) is 2. The predicted molar refractivity (Wildman–Crippen MR) is 104 cm³/mol. The number of nitro groups is 1. The summed E-state index contributed by atoms with van der Waals surface area (Å²) in [6.07, 6.45) is 1.68. The van der Waals surface area contributed by atoms with E-state index in [1.807, 2.05) is 12.1 Å². The lowest BCUT2D eigenvalue weighted by molar-refractivity contribution is -0.384. The van der Waals surface area contributed by atoms with E-state index in [0.717, 1.165) is 16.3 Å². The highest BCUT2D eigenvalue weighted by molar-refractivity contribution is 7.16. The minimum atomic E-state index is -0.668. The number of carbonyl (C=O) groups is 1. The molecule has 0 fully saturated rings. The molecular weight excluding hydrogens is 406 g/mol. The first kappa shape index (κ1) is 18.2. The highest BCUT2D eigenvalue weighted by Crippen LogP contribution is 2.37. The first-order valence-corrected chi connectivity index (χ1v) is 9.24. The van der Waals surface area contributed by atoms with Crippen LogP contribution in [0.4, 0.5) is 5.69 Å². The van der Waals surface area contributed by atoms with Gasteiger partial charge in [-0.05, 0) is 6.07 Å². The van der Waals surface area contributed by atoms with Crippen molar-refractivity contribution in [3.8, 4) is 11.5 Å². The Kier molecular flexibility index (Phi) is 4.62. The number of non-ortho nitro benzene ring substituents is 1. The molecule has 0 radical (unpaired) electrons. The lowest BCUT2D eigenvalue weighted by Crippen LogP contribution is -2.16. The third-order valence-corrected chi connectivity index (χ3v) is 5.45. The van der Waals surface area contributed by atoms with Crippen molar-refractivity contribution in [1.29, 1.82) is 0 Å². The molecule has 1 aliphatic heterocycles. The smallest absolute Gasteiger partial charge is 0.281 e. The van der Waals surface area contributed by atoms with E-state index in [2.05, 4.69) is 11.6 Å². The zero-order chi connectivity index (χ0) is 19.8. The van der Waals surface area contributed by atoms with E-state index in [9.17, 15) is 14.9 Å². The second-order valence-electron chi connectivity index (χ2n) is 5.80. The molecule has 0 saturated carbocycles. The molecule has 2 heterocycles. The normalized spacial score (nSPS) is 13.1. The van der Waals surface area contributed by atoms with Gasteiger partial charge in [0.15, 0.2) is 16.3 Å². The van der Waals surface area contributed by atoms with Crippen LogP contribution in [-0.4, -0.2) is 22.2 Å². The number of thiazole rings is 1. The van der Waals surface area contributed by atoms with Gasteiger partial charge in [-0.1, -0.05) is 29.0 Å². The second kappa shape index (κ2) is 7.10. The van der Waals surface area contributed by atoms with Gasteiger partial charge in [0, 0.05) is 30.8 Å². The SMILES string of the molecule is C=CCn1c(=NC(=O)c2cc([N+](=O)[O-])ccc2Cl)sc2cc3c(cc21)OCO3. The number of fused-ring (bicyclic) bond motifs is 2. The number of halogens is 1. The standard InChI is InChI=1S/C18H12ClN3O5S/c1-2-5-21-13-7-14-15(27-9-26-14)8-16(13)28-18(21)20-17(23)11-6-10(22(24)25)3-4-12(11)19/h2-4,6-8H,1,5,9H2. The lowest BCUT2D eigenvalue weighted by atomic mass is 10.2. The average Bonchev–Trinajstić information content (AvgIpc) is 3.24. The summed E-state index contributed by atoms with van der Waals surface area (Å²) in [6, 6.07) is 7.31. The Morgan fingerprint density at radius 3 is 2.82 bits per heavy atom. The van der Waals surface area contributed by atoms with Gasteiger partial charge in [0.2, 0.25) is 6.79 Å². The van der Waals surface area contributed by atoms with Crippen LogP contribution in [0.1, 0.15) is 10.4 Å². The number of carbonyl (C=O) groups excluding carboxylic acids is 1. The molecule has 2 aromatic carbocycles. The number of hydrogen-bond acceptors (Lipinski definition) is 6. The molecule has 8 nitrogen and oxygen atoms in total. The quantitative estimate of drug-likeness (QED) is 0.364. The molecule has 3 aromatic rings. The molecule has 1 amide bonds. The Labute approximate surface area is 167 Å². The van der Waals surface area contributed by atoms with Gasteiger partial charge in [-0.2, -0.15) is 4.99 Å². The molecule has 28 heavy (non-hydrogen) atoms. The van der Waals surface area contributed by atoms with Crippen molar-refractivity contribution in [3.63, 3.8) is 0 Å². The van der Waals surface area contributed by atoms with Crippen molar-refractivity contribution in [2.45, 2.75) is 6.54 Å². The zero-order valence-corrected chi connectivity index (χ0v) is 15.8. The van der Waals surface area contributed by atoms with Gasteiger partial charge in [-0.25, -0.2) is 0 Å². The van der Waals surface area contributed by atoms with E-state index < -0.39 is 10.8 Å². The Bertz CT molecular complexity index is 1210. The van der Waals surface area contributed by atoms with E-state index in [-0.39, 0.29) is 23.1 Å². The highest BCUT2D eigenvalue weighted by Gasteiger charge is 2.19. The Morgan fingerprint density at radius 1 is 1.36 bits per heavy atom. The molecule has 1 aliphatic rings. The maximum Gasteiger partial charge on any atom is 0.281 e. The molecule has 0 aliphatic carbocycles. The molecule has 1 aromatic heterocycles. The lowest BCUT2D eigenvalue weighted by Gasteiger charge is -2.03. The van der Waals surface area contributed by atoms with E-state index in [4.69, 9.17) is 21.1 Å². The molecule has 0 atom stereocenters. The highest BCUT2D eigenvalue weighted by atomic mass is 35.5. The number of hydrogen-bond donors (Lipinski definition) is 0. The van der Waals surface area contributed by atoms with Crippen LogP contribution >= 0.6 is 22.9 Å². The number of rotatable bonds is 4. The van der Waals surface area contributed by atoms with Gasteiger partial charge in [-0.15, -0.1) is 6.58 Å². The average molecular weight is 418 g/mol. The first-order valence-electron chi connectivity index (χ1n) is 8.05. The Balaban J connectivity index is 1.86. The minimum absolute atomic E-state index is 0.0346. The zero-order valence-electron chi connectivity index (χ0n) is 14.3. The van der Waals surface area contributed by atoms with Crippen LogP contribution in [0.5, 0.6) is 11.5 Å². The Morgan fingerprint density at radius 2 is 2.11 bits per heavy atom. The van der Waals surface area contributed by atoms with E-state index in [1.165, 1.54) is 23.5 Å². The molecule has 4 rings (SSSR count). The van der Waals surface area contributed by atoms with E-state index >= 15 is 0 Å². The van der Waals surface area contributed by atoms with E-state index in [1.54, 1.807) is 10.6 Å². The molecule has 0 unspecified atom stereocenters. The monoisotopic (exact) mass is 417 g/mol. The number of amides is 1. The molecule has 10 heteroatoms. The number of nitro benzene ring substituents is 1. The number of allylic oxidation sites excluding steroid dienone is 1. The van der Waals surface area contributed by atoms with Crippen LogP contribution in [0.3, 0.4) is 0 Å². The molecule has 0 N–H and O–H groups in total. The second-order valence-corrected chi connectivity index (χ2v) is 7.21. The minimum Gasteiger partial charge on any atom is -0.454 e.